The zero-order valence-corrected chi connectivity index (χ0v) is 12.4. The number of nitrogens with two attached hydrogens (primary N) is 1. The molecule has 0 heterocycles. The van der Waals surface area contributed by atoms with Crippen molar-refractivity contribution in [3.63, 3.8) is 0 Å². The minimum atomic E-state index is 0.146. The Morgan fingerprint density at radius 2 is 1.76 bits per heavy atom. The highest BCUT2D eigenvalue weighted by molar-refractivity contribution is 5.31. The third kappa shape index (κ3) is 3.64. The van der Waals surface area contributed by atoms with E-state index in [0.717, 1.165) is 5.75 Å². The van der Waals surface area contributed by atoms with Crippen molar-refractivity contribution in [2.45, 2.75) is 38.3 Å². The van der Waals surface area contributed by atoms with E-state index in [2.05, 4.69) is 24.3 Å². The summed E-state index contributed by atoms with van der Waals surface area (Å²) in [6.07, 6.45) is 5.16. The monoisotopic (exact) mass is 281 g/mol. The lowest BCUT2D eigenvalue weighted by Crippen LogP contribution is -2.19. The van der Waals surface area contributed by atoms with Gasteiger partial charge in [-0.05, 0) is 42.0 Å². The van der Waals surface area contributed by atoms with Crippen LogP contribution >= 0.6 is 0 Å². The van der Waals surface area contributed by atoms with E-state index in [1.165, 1.54) is 36.8 Å². The van der Waals surface area contributed by atoms with Crippen molar-refractivity contribution < 1.29 is 4.74 Å². The highest BCUT2D eigenvalue weighted by Crippen LogP contribution is 2.35. The van der Waals surface area contributed by atoms with E-state index in [9.17, 15) is 0 Å². The van der Waals surface area contributed by atoms with E-state index in [4.69, 9.17) is 10.5 Å². The van der Waals surface area contributed by atoms with Gasteiger partial charge in [0.2, 0.25) is 0 Å². The topological polar surface area (TPSA) is 35.2 Å². The van der Waals surface area contributed by atoms with Crippen LogP contribution in [-0.2, 0) is 6.61 Å². The van der Waals surface area contributed by atoms with Crippen molar-refractivity contribution in [3.05, 3.63) is 65.7 Å². The molecule has 1 unspecified atom stereocenters. The summed E-state index contributed by atoms with van der Waals surface area (Å²) in [7, 11) is 0. The number of benzene rings is 2. The number of hydrogen-bond donors (Lipinski definition) is 1. The molecule has 3 rings (SSSR count). The molecule has 0 bridgehead atoms. The summed E-state index contributed by atoms with van der Waals surface area (Å²) in [6.45, 7) is 0.600. The zero-order valence-electron chi connectivity index (χ0n) is 12.4. The molecule has 2 nitrogen and oxygen atoms in total. The molecule has 110 valence electrons. The quantitative estimate of drug-likeness (QED) is 0.878. The molecule has 0 saturated heterocycles. The number of hydrogen-bond acceptors (Lipinski definition) is 2. The van der Waals surface area contributed by atoms with Gasteiger partial charge in [-0.1, -0.05) is 55.3 Å². The standard InChI is InChI=1S/C19H23NO/c20-19(16-9-4-5-10-16)17-11-6-12-18(13-17)21-14-15-7-2-1-3-8-15/h1-3,6-8,11-13,16,19H,4-5,9-10,14,20H2. The minimum Gasteiger partial charge on any atom is -0.489 e. The molecule has 1 atom stereocenters. The molecule has 21 heavy (non-hydrogen) atoms. The van der Waals surface area contributed by atoms with Crippen LogP contribution in [0, 0.1) is 5.92 Å². The van der Waals surface area contributed by atoms with E-state index in [0.29, 0.717) is 12.5 Å². The third-order valence-electron chi connectivity index (χ3n) is 4.40. The maximum absolute atomic E-state index is 6.42. The van der Waals surface area contributed by atoms with E-state index in [-0.39, 0.29) is 6.04 Å². The summed E-state index contributed by atoms with van der Waals surface area (Å²) >= 11 is 0. The van der Waals surface area contributed by atoms with Crippen molar-refractivity contribution in [1.82, 2.24) is 0 Å². The molecule has 2 aromatic rings. The Hall–Kier alpha value is -1.80. The lowest BCUT2D eigenvalue weighted by Gasteiger charge is -2.20. The Kier molecular flexibility index (Phi) is 4.56. The fraction of sp³-hybridized carbons (Fsp3) is 0.368. The van der Waals surface area contributed by atoms with Gasteiger partial charge in [-0.3, -0.25) is 0 Å². The highest BCUT2D eigenvalue weighted by atomic mass is 16.5. The smallest absolute Gasteiger partial charge is 0.120 e. The first-order chi connectivity index (χ1) is 10.3. The van der Waals surface area contributed by atoms with E-state index >= 15 is 0 Å². The second-order valence-corrected chi connectivity index (χ2v) is 5.92. The third-order valence-corrected chi connectivity index (χ3v) is 4.40. The fourth-order valence-corrected chi connectivity index (χ4v) is 3.14. The van der Waals surface area contributed by atoms with Gasteiger partial charge >= 0.3 is 0 Å². The summed E-state index contributed by atoms with van der Waals surface area (Å²) in [4.78, 5) is 0. The van der Waals surface area contributed by atoms with Crippen LogP contribution in [0.5, 0.6) is 5.75 Å². The Bertz CT molecular complexity index is 561. The van der Waals surface area contributed by atoms with Crippen molar-refractivity contribution >= 4 is 0 Å². The Morgan fingerprint density at radius 1 is 1.00 bits per heavy atom. The lowest BCUT2D eigenvalue weighted by molar-refractivity contribution is 0.305. The normalized spacial score (nSPS) is 16.8. The lowest BCUT2D eigenvalue weighted by atomic mass is 9.92. The maximum Gasteiger partial charge on any atom is 0.120 e. The zero-order chi connectivity index (χ0) is 14.5. The first-order valence-corrected chi connectivity index (χ1v) is 7.85. The summed E-state index contributed by atoms with van der Waals surface area (Å²) in [6, 6.07) is 18.7. The van der Waals surface area contributed by atoms with Gasteiger partial charge < -0.3 is 10.5 Å². The van der Waals surface area contributed by atoms with Crippen LogP contribution in [-0.4, -0.2) is 0 Å². The molecule has 1 aliphatic rings. The van der Waals surface area contributed by atoms with Crippen LogP contribution in [0.15, 0.2) is 54.6 Å². The molecule has 1 saturated carbocycles. The maximum atomic E-state index is 6.42. The molecule has 0 aliphatic heterocycles. The molecule has 2 N–H and O–H groups in total. The average molecular weight is 281 g/mol. The predicted octanol–water partition coefficient (Wildman–Crippen LogP) is 4.46. The molecular weight excluding hydrogens is 258 g/mol. The van der Waals surface area contributed by atoms with Crippen LogP contribution in [0.25, 0.3) is 0 Å². The van der Waals surface area contributed by atoms with Crippen molar-refractivity contribution in [3.8, 4) is 5.75 Å². The molecule has 0 radical (unpaired) electrons. The molecular formula is C19H23NO. The van der Waals surface area contributed by atoms with Crippen LogP contribution in [0.3, 0.4) is 0 Å². The fourth-order valence-electron chi connectivity index (χ4n) is 3.14. The molecule has 2 heteroatoms. The van der Waals surface area contributed by atoms with Gasteiger partial charge in [0.25, 0.3) is 0 Å². The van der Waals surface area contributed by atoms with Crippen LogP contribution in [0.2, 0.25) is 0 Å². The largest absolute Gasteiger partial charge is 0.489 e. The molecule has 2 aromatic carbocycles. The van der Waals surface area contributed by atoms with Crippen molar-refractivity contribution in [1.29, 1.82) is 0 Å². The average Bonchev–Trinajstić information content (AvgIpc) is 3.08. The van der Waals surface area contributed by atoms with Crippen molar-refractivity contribution in [2.75, 3.05) is 0 Å². The summed E-state index contributed by atoms with van der Waals surface area (Å²) in [5, 5.41) is 0. The van der Waals surface area contributed by atoms with Gasteiger partial charge in [-0.15, -0.1) is 0 Å². The van der Waals surface area contributed by atoms with Gasteiger partial charge in [0.05, 0.1) is 0 Å². The van der Waals surface area contributed by atoms with Gasteiger partial charge in [0, 0.05) is 6.04 Å². The Labute approximate surface area is 126 Å². The molecule has 1 fully saturated rings. The Balaban J connectivity index is 1.65. The van der Waals surface area contributed by atoms with E-state index < -0.39 is 0 Å². The first-order valence-electron chi connectivity index (χ1n) is 7.85. The molecule has 0 spiro atoms. The predicted molar refractivity (Wildman–Crippen MR) is 86.1 cm³/mol. The number of rotatable bonds is 5. The highest BCUT2D eigenvalue weighted by Gasteiger charge is 2.23. The first kappa shape index (κ1) is 14.2. The summed E-state index contributed by atoms with van der Waals surface area (Å²) < 4.78 is 5.89. The van der Waals surface area contributed by atoms with E-state index in [1.807, 2.05) is 30.3 Å². The van der Waals surface area contributed by atoms with Crippen molar-refractivity contribution in [2.24, 2.45) is 11.7 Å². The number of ether oxygens (including phenoxy) is 1. The van der Waals surface area contributed by atoms with Gasteiger partial charge in [-0.25, -0.2) is 0 Å². The second kappa shape index (κ2) is 6.77. The minimum absolute atomic E-state index is 0.146. The van der Waals surface area contributed by atoms with Crippen LogP contribution in [0.4, 0.5) is 0 Å². The van der Waals surface area contributed by atoms with Gasteiger partial charge in [-0.2, -0.15) is 0 Å². The van der Waals surface area contributed by atoms with Gasteiger partial charge in [0.15, 0.2) is 0 Å². The second-order valence-electron chi connectivity index (χ2n) is 5.92. The summed E-state index contributed by atoms with van der Waals surface area (Å²) in [5.41, 5.74) is 8.81. The molecule has 0 amide bonds. The molecule has 1 aliphatic carbocycles. The SMILES string of the molecule is NC(c1cccc(OCc2ccccc2)c1)C1CCCC1. The van der Waals surface area contributed by atoms with Gasteiger partial charge in [0.1, 0.15) is 12.4 Å². The molecule has 0 aromatic heterocycles. The van der Waals surface area contributed by atoms with E-state index in [1.54, 1.807) is 0 Å². The van der Waals surface area contributed by atoms with Crippen LogP contribution in [0.1, 0.15) is 42.9 Å². The van der Waals surface area contributed by atoms with Crippen LogP contribution < -0.4 is 10.5 Å². The summed E-state index contributed by atoms with van der Waals surface area (Å²) in [5.74, 6) is 1.54. The Morgan fingerprint density at radius 3 is 2.52 bits per heavy atom.